The number of aliphatic carboxylic acids is 1. The number of methoxy groups -OCH3 is 1. The summed E-state index contributed by atoms with van der Waals surface area (Å²) in [5, 5.41) is 8.76. The fourth-order valence-electron chi connectivity index (χ4n) is 1.82. The number of rotatable bonds is 6. The lowest BCUT2D eigenvalue weighted by molar-refractivity contribution is -0.136. The van der Waals surface area contributed by atoms with Gasteiger partial charge >= 0.3 is 5.97 Å². The molecule has 0 aliphatic carbocycles. The molecule has 0 aromatic heterocycles. The largest absolute Gasteiger partial charge is 0.497 e. The monoisotopic (exact) mass is 272 g/mol. The van der Waals surface area contributed by atoms with Crippen LogP contribution >= 0.6 is 0 Å². The SMILES string of the molecule is COc1ccc(Oc2ccccc2CCC(=O)O)cc1. The van der Waals surface area contributed by atoms with Gasteiger partial charge in [0, 0.05) is 6.42 Å². The van der Waals surface area contributed by atoms with E-state index in [-0.39, 0.29) is 6.42 Å². The van der Waals surface area contributed by atoms with E-state index in [0.29, 0.717) is 17.9 Å². The van der Waals surface area contributed by atoms with Crippen molar-refractivity contribution in [1.82, 2.24) is 0 Å². The standard InChI is InChI=1S/C16H16O4/c1-19-13-7-9-14(10-8-13)20-15-5-3-2-4-12(15)6-11-16(17)18/h2-5,7-10H,6,11H2,1H3,(H,17,18). The molecule has 4 heteroatoms. The third-order valence-electron chi connectivity index (χ3n) is 2.87. The first-order valence-corrected chi connectivity index (χ1v) is 6.30. The number of carboxylic acids is 1. The van der Waals surface area contributed by atoms with Crippen molar-refractivity contribution in [3.05, 3.63) is 54.1 Å². The highest BCUT2D eigenvalue weighted by atomic mass is 16.5. The van der Waals surface area contributed by atoms with Gasteiger partial charge in [0.15, 0.2) is 0 Å². The van der Waals surface area contributed by atoms with Crippen LogP contribution in [0.5, 0.6) is 17.2 Å². The molecule has 0 amide bonds. The maximum absolute atomic E-state index is 10.7. The highest BCUT2D eigenvalue weighted by molar-refractivity contribution is 5.67. The summed E-state index contributed by atoms with van der Waals surface area (Å²) < 4.78 is 10.9. The molecule has 0 spiro atoms. The second kappa shape index (κ2) is 6.61. The van der Waals surface area contributed by atoms with Gasteiger partial charge in [-0.15, -0.1) is 0 Å². The van der Waals surface area contributed by atoms with Crippen LogP contribution in [0.2, 0.25) is 0 Å². The minimum Gasteiger partial charge on any atom is -0.497 e. The summed E-state index contributed by atoms with van der Waals surface area (Å²) in [6.07, 6.45) is 0.532. The number of para-hydroxylation sites is 1. The first-order valence-electron chi connectivity index (χ1n) is 6.30. The Morgan fingerprint density at radius 3 is 2.35 bits per heavy atom. The van der Waals surface area contributed by atoms with Crippen LogP contribution in [0.3, 0.4) is 0 Å². The Hall–Kier alpha value is -2.49. The molecule has 0 radical (unpaired) electrons. The number of benzene rings is 2. The summed E-state index contributed by atoms with van der Waals surface area (Å²) >= 11 is 0. The van der Waals surface area contributed by atoms with Gasteiger partial charge in [0.2, 0.25) is 0 Å². The van der Waals surface area contributed by atoms with Crippen LogP contribution in [-0.2, 0) is 11.2 Å². The molecule has 0 unspecified atom stereocenters. The van der Waals surface area contributed by atoms with Crippen molar-refractivity contribution in [2.45, 2.75) is 12.8 Å². The van der Waals surface area contributed by atoms with Crippen molar-refractivity contribution in [2.75, 3.05) is 7.11 Å². The van der Waals surface area contributed by atoms with E-state index in [1.807, 2.05) is 48.5 Å². The lowest BCUT2D eigenvalue weighted by Crippen LogP contribution is -1.99. The van der Waals surface area contributed by atoms with E-state index in [2.05, 4.69) is 0 Å². The van der Waals surface area contributed by atoms with Crippen LogP contribution in [0.15, 0.2) is 48.5 Å². The lowest BCUT2D eigenvalue weighted by atomic mass is 10.1. The number of hydrogen-bond acceptors (Lipinski definition) is 3. The first-order chi connectivity index (χ1) is 9.69. The number of carboxylic acid groups (broad SMARTS) is 1. The zero-order chi connectivity index (χ0) is 14.4. The van der Waals surface area contributed by atoms with Gasteiger partial charge in [0.1, 0.15) is 17.2 Å². The number of ether oxygens (including phenoxy) is 2. The van der Waals surface area contributed by atoms with Gasteiger partial charge in [-0.2, -0.15) is 0 Å². The average Bonchev–Trinajstić information content (AvgIpc) is 2.47. The molecule has 0 aliphatic rings. The molecule has 0 aliphatic heterocycles. The molecule has 0 fully saturated rings. The molecule has 4 nitrogen and oxygen atoms in total. The Morgan fingerprint density at radius 1 is 1.05 bits per heavy atom. The zero-order valence-electron chi connectivity index (χ0n) is 11.2. The van der Waals surface area contributed by atoms with Crippen LogP contribution in [0, 0.1) is 0 Å². The third kappa shape index (κ3) is 3.75. The molecule has 0 saturated carbocycles. The average molecular weight is 272 g/mol. The highest BCUT2D eigenvalue weighted by Crippen LogP contribution is 2.27. The number of aryl methyl sites for hydroxylation is 1. The van der Waals surface area contributed by atoms with Gasteiger partial charge in [-0.05, 0) is 42.3 Å². The quantitative estimate of drug-likeness (QED) is 0.874. The van der Waals surface area contributed by atoms with E-state index in [0.717, 1.165) is 11.3 Å². The van der Waals surface area contributed by atoms with E-state index >= 15 is 0 Å². The lowest BCUT2D eigenvalue weighted by Gasteiger charge is -2.10. The fourth-order valence-corrected chi connectivity index (χ4v) is 1.82. The molecule has 0 bridgehead atoms. The molecule has 20 heavy (non-hydrogen) atoms. The Balaban J connectivity index is 2.13. The molecule has 2 aromatic carbocycles. The Morgan fingerprint density at radius 2 is 1.70 bits per heavy atom. The van der Waals surface area contributed by atoms with Crippen molar-refractivity contribution in [3.63, 3.8) is 0 Å². The van der Waals surface area contributed by atoms with Crippen molar-refractivity contribution < 1.29 is 19.4 Å². The van der Waals surface area contributed by atoms with Gasteiger partial charge < -0.3 is 14.6 Å². The second-order valence-electron chi connectivity index (χ2n) is 4.28. The molecule has 2 aromatic rings. The van der Waals surface area contributed by atoms with Crippen molar-refractivity contribution in [2.24, 2.45) is 0 Å². The predicted molar refractivity (Wildman–Crippen MR) is 75.5 cm³/mol. The third-order valence-corrected chi connectivity index (χ3v) is 2.87. The first kappa shape index (κ1) is 13.9. The van der Waals surface area contributed by atoms with Gasteiger partial charge in [-0.1, -0.05) is 18.2 Å². The second-order valence-corrected chi connectivity index (χ2v) is 4.28. The van der Waals surface area contributed by atoms with Crippen LogP contribution in [0.4, 0.5) is 0 Å². The van der Waals surface area contributed by atoms with Crippen LogP contribution in [0.25, 0.3) is 0 Å². The molecular formula is C16H16O4. The molecule has 0 atom stereocenters. The number of hydrogen-bond donors (Lipinski definition) is 1. The minimum absolute atomic E-state index is 0.0863. The summed E-state index contributed by atoms with van der Waals surface area (Å²) in [7, 11) is 1.61. The Kier molecular flexibility index (Phi) is 4.60. The topological polar surface area (TPSA) is 55.8 Å². The maximum Gasteiger partial charge on any atom is 0.303 e. The van der Waals surface area contributed by atoms with E-state index in [1.54, 1.807) is 7.11 Å². The smallest absolute Gasteiger partial charge is 0.303 e. The normalized spacial score (nSPS) is 10.1. The van der Waals surface area contributed by atoms with Crippen molar-refractivity contribution in [1.29, 1.82) is 0 Å². The Labute approximate surface area is 117 Å². The summed E-state index contributed by atoms with van der Waals surface area (Å²) in [6, 6.07) is 14.7. The van der Waals surface area contributed by atoms with Gasteiger partial charge in [-0.25, -0.2) is 0 Å². The molecular weight excluding hydrogens is 256 g/mol. The van der Waals surface area contributed by atoms with Crippen molar-refractivity contribution >= 4 is 5.97 Å². The molecule has 2 rings (SSSR count). The van der Waals surface area contributed by atoms with E-state index < -0.39 is 5.97 Å². The van der Waals surface area contributed by atoms with Gasteiger partial charge in [0.05, 0.1) is 7.11 Å². The minimum atomic E-state index is -0.816. The molecule has 104 valence electrons. The number of carbonyl (C=O) groups is 1. The van der Waals surface area contributed by atoms with Crippen molar-refractivity contribution in [3.8, 4) is 17.2 Å². The Bertz CT molecular complexity index is 575. The van der Waals surface area contributed by atoms with Gasteiger partial charge in [0.25, 0.3) is 0 Å². The molecule has 0 saturated heterocycles. The predicted octanol–water partition coefficient (Wildman–Crippen LogP) is 3.50. The summed E-state index contributed by atoms with van der Waals surface area (Å²) in [5.74, 6) is 1.31. The van der Waals surface area contributed by atoms with E-state index in [9.17, 15) is 4.79 Å². The van der Waals surface area contributed by atoms with Crippen LogP contribution in [0.1, 0.15) is 12.0 Å². The molecule has 1 N–H and O–H groups in total. The fraction of sp³-hybridized carbons (Fsp3) is 0.188. The van der Waals surface area contributed by atoms with Crippen LogP contribution < -0.4 is 9.47 Å². The summed E-state index contributed by atoms with van der Waals surface area (Å²) in [6.45, 7) is 0. The zero-order valence-corrected chi connectivity index (χ0v) is 11.2. The maximum atomic E-state index is 10.7. The summed E-state index contributed by atoms with van der Waals surface area (Å²) in [5.41, 5.74) is 0.880. The van der Waals surface area contributed by atoms with Crippen LogP contribution in [-0.4, -0.2) is 18.2 Å². The summed E-state index contributed by atoms with van der Waals surface area (Å²) in [4.78, 5) is 10.7. The van der Waals surface area contributed by atoms with E-state index in [1.165, 1.54) is 0 Å². The van der Waals surface area contributed by atoms with E-state index in [4.69, 9.17) is 14.6 Å². The van der Waals surface area contributed by atoms with Gasteiger partial charge in [-0.3, -0.25) is 4.79 Å². The highest BCUT2D eigenvalue weighted by Gasteiger charge is 2.06. The molecule has 0 heterocycles.